The summed E-state index contributed by atoms with van der Waals surface area (Å²) >= 11 is 1.67. The summed E-state index contributed by atoms with van der Waals surface area (Å²) in [6.45, 7) is 4.93. The van der Waals surface area contributed by atoms with E-state index >= 15 is 0 Å². The van der Waals surface area contributed by atoms with Gasteiger partial charge in [0.25, 0.3) is 0 Å². The van der Waals surface area contributed by atoms with E-state index in [9.17, 15) is 5.11 Å². The second-order valence-electron chi connectivity index (χ2n) is 4.32. The molecule has 0 saturated heterocycles. The molecule has 0 aromatic carbocycles. The minimum Gasteiger partial charge on any atom is -0.481 e. The van der Waals surface area contributed by atoms with Crippen molar-refractivity contribution in [3.63, 3.8) is 0 Å². The number of nitrogens with zero attached hydrogens (tertiary/aromatic N) is 2. The number of hydrogen-bond acceptors (Lipinski definition) is 5. The Bertz CT molecular complexity index is 378. The maximum Gasteiger partial charge on any atom is 0.216 e. The molecule has 2 unspecified atom stereocenters. The zero-order valence-corrected chi connectivity index (χ0v) is 12.5. The molecule has 2 atom stereocenters. The van der Waals surface area contributed by atoms with E-state index < -0.39 is 0 Å². The van der Waals surface area contributed by atoms with Crippen LogP contribution in [0.1, 0.15) is 18.2 Å². The molecular weight excluding hydrogens is 250 g/mol. The Morgan fingerprint density at radius 3 is 2.72 bits per heavy atom. The van der Waals surface area contributed by atoms with Crippen molar-refractivity contribution in [3.8, 4) is 5.88 Å². The van der Waals surface area contributed by atoms with E-state index in [0.717, 1.165) is 17.1 Å². The predicted octanol–water partition coefficient (Wildman–Crippen LogP) is 0.939. The predicted molar refractivity (Wildman–Crippen MR) is 75.2 cm³/mol. The molecular formula is C12H23N3O2S. The molecule has 1 aromatic heterocycles. The molecule has 0 radical (unpaired) electrons. The molecule has 5 nitrogen and oxygen atoms in total. The lowest BCUT2D eigenvalue weighted by molar-refractivity contribution is 0.275. The Morgan fingerprint density at radius 2 is 2.22 bits per heavy atom. The van der Waals surface area contributed by atoms with E-state index in [1.807, 2.05) is 20.2 Å². The summed E-state index contributed by atoms with van der Waals surface area (Å²) in [5.74, 6) is 0.789. The number of hydrogen-bond donors (Lipinski definition) is 2. The van der Waals surface area contributed by atoms with Gasteiger partial charge in [-0.05, 0) is 20.1 Å². The van der Waals surface area contributed by atoms with Gasteiger partial charge in [-0.1, -0.05) is 0 Å². The molecule has 2 N–H and O–H groups in total. The van der Waals surface area contributed by atoms with Gasteiger partial charge in [-0.15, -0.1) is 0 Å². The lowest BCUT2D eigenvalue weighted by Crippen LogP contribution is -2.37. The van der Waals surface area contributed by atoms with Gasteiger partial charge >= 0.3 is 0 Å². The van der Waals surface area contributed by atoms with Gasteiger partial charge in [-0.3, -0.25) is 0 Å². The first-order chi connectivity index (χ1) is 8.54. The van der Waals surface area contributed by atoms with Crippen LogP contribution < -0.4 is 10.1 Å². The SMILES string of the molecule is COc1c(CNC(C)C(CO)SC)c(C)nn1C. The molecule has 1 rings (SSSR count). The molecule has 0 aliphatic rings. The highest BCUT2D eigenvalue weighted by atomic mass is 32.2. The quantitative estimate of drug-likeness (QED) is 0.774. The van der Waals surface area contributed by atoms with Gasteiger partial charge in [-0.2, -0.15) is 16.9 Å². The first-order valence-electron chi connectivity index (χ1n) is 5.98. The maximum absolute atomic E-state index is 9.25. The average molecular weight is 273 g/mol. The van der Waals surface area contributed by atoms with Crippen molar-refractivity contribution in [1.82, 2.24) is 15.1 Å². The number of methoxy groups -OCH3 is 1. The van der Waals surface area contributed by atoms with Crippen LogP contribution in [0, 0.1) is 6.92 Å². The number of aryl methyl sites for hydroxylation is 2. The third-order valence-electron chi connectivity index (χ3n) is 3.12. The fourth-order valence-corrected chi connectivity index (χ4v) is 2.62. The molecule has 104 valence electrons. The molecule has 0 aliphatic carbocycles. The summed E-state index contributed by atoms with van der Waals surface area (Å²) in [5, 5.41) is 17.2. The summed E-state index contributed by atoms with van der Waals surface area (Å²) in [6, 6.07) is 0.231. The van der Waals surface area contributed by atoms with Crippen LogP contribution in [0.25, 0.3) is 0 Å². The fraction of sp³-hybridized carbons (Fsp3) is 0.750. The van der Waals surface area contributed by atoms with Gasteiger partial charge in [0.05, 0.1) is 25.0 Å². The van der Waals surface area contributed by atoms with Crippen molar-refractivity contribution < 1.29 is 9.84 Å². The summed E-state index contributed by atoms with van der Waals surface area (Å²) < 4.78 is 7.09. The molecule has 0 fully saturated rings. The van der Waals surface area contributed by atoms with E-state index in [1.165, 1.54) is 0 Å². The highest BCUT2D eigenvalue weighted by molar-refractivity contribution is 7.99. The third kappa shape index (κ3) is 3.40. The lowest BCUT2D eigenvalue weighted by Gasteiger charge is -2.21. The minimum atomic E-state index is 0.179. The molecule has 0 bridgehead atoms. The molecule has 1 aromatic rings. The van der Waals surface area contributed by atoms with Crippen molar-refractivity contribution in [1.29, 1.82) is 0 Å². The second-order valence-corrected chi connectivity index (χ2v) is 5.40. The first-order valence-corrected chi connectivity index (χ1v) is 7.27. The van der Waals surface area contributed by atoms with E-state index in [4.69, 9.17) is 4.74 Å². The van der Waals surface area contributed by atoms with Crippen molar-refractivity contribution >= 4 is 11.8 Å². The first kappa shape index (κ1) is 15.3. The maximum atomic E-state index is 9.25. The fourth-order valence-electron chi connectivity index (χ4n) is 1.97. The minimum absolute atomic E-state index is 0.179. The number of nitrogens with one attached hydrogen (secondary N) is 1. The number of aliphatic hydroxyl groups excluding tert-OH is 1. The highest BCUT2D eigenvalue weighted by Gasteiger charge is 2.18. The Hall–Kier alpha value is -0.720. The van der Waals surface area contributed by atoms with Gasteiger partial charge in [0, 0.05) is 24.9 Å². The molecule has 18 heavy (non-hydrogen) atoms. The standard InChI is InChI=1S/C12H23N3O2S/c1-8-10(12(17-4)15(3)14-8)6-13-9(2)11(7-16)18-5/h9,11,13,16H,6-7H2,1-5H3. The van der Waals surface area contributed by atoms with E-state index in [1.54, 1.807) is 23.6 Å². The Balaban J connectivity index is 2.68. The zero-order valence-electron chi connectivity index (χ0n) is 11.7. The van der Waals surface area contributed by atoms with Gasteiger partial charge in [0.1, 0.15) is 0 Å². The summed E-state index contributed by atoms with van der Waals surface area (Å²) in [5.41, 5.74) is 2.04. The van der Waals surface area contributed by atoms with Crippen molar-refractivity contribution in [3.05, 3.63) is 11.3 Å². The average Bonchev–Trinajstić information content (AvgIpc) is 2.62. The van der Waals surface area contributed by atoms with E-state index in [0.29, 0.717) is 6.54 Å². The molecule has 0 spiro atoms. The van der Waals surface area contributed by atoms with Crippen molar-refractivity contribution in [2.45, 2.75) is 31.7 Å². The second kappa shape index (κ2) is 7.01. The number of aliphatic hydroxyl groups is 1. The number of rotatable bonds is 7. The van der Waals surface area contributed by atoms with Crippen LogP contribution in [0.5, 0.6) is 5.88 Å². The van der Waals surface area contributed by atoms with E-state index in [-0.39, 0.29) is 17.9 Å². The monoisotopic (exact) mass is 273 g/mol. The van der Waals surface area contributed by atoms with Gasteiger partial charge in [-0.25, -0.2) is 4.68 Å². The van der Waals surface area contributed by atoms with E-state index in [2.05, 4.69) is 17.3 Å². The molecule has 0 aliphatic heterocycles. The smallest absolute Gasteiger partial charge is 0.216 e. The van der Waals surface area contributed by atoms with Crippen LogP contribution in [-0.4, -0.2) is 46.2 Å². The third-order valence-corrected chi connectivity index (χ3v) is 4.29. The van der Waals surface area contributed by atoms with Crippen LogP contribution in [0.3, 0.4) is 0 Å². The largest absolute Gasteiger partial charge is 0.481 e. The van der Waals surface area contributed by atoms with Crippen molar-refractivity contribution in [2.24, 2.45) is 7.05 Å². The molecule has 0 amide bonds. The number of aromatic nitrogens is 2. The summed E-state index contributed by atoms with van der Waals surface area (Å²) in [7, 11) is 3.53. The normalized spacial score (nSPS) is 14.6. The Morgan fingerprint density at radius 1 is 1.56 bits per heavy atom. The number of thioether (sulfide) groups is 1. The van der Waals surface area contributed by atoms with Crippen LogP contribution in [-0.2, 0) is 13.6 Å². The van der Waals surface area contributed by atoms with Crippen LogP contribution >= 0.6 is 11.8 Å². The van der Waals surface area contributed by atoms with Crippen LogP contribution in [0.15, 0.2) is 0 Å². The Labute approximate surface area is 113 Å². The van der Waals surface area contributed by atoms with Gasteiger partial charge in [0.15, 0.2) is 0 Å². The molecule has 1 heterocycles. The zero-order chi connectivity index (χ0) is 13.7. The number of ether oxygens (including phenoxy) is 1. The lowest BCUT2D eigenvalue weighted by atomic mass is 10.2. The van der Waals surface area contributed by atoms with Crippen molar-refractivity contribution in [2.75, 3.05) is 20.0 Å². The Kier molecular flexibility index (Phi) is 5.98. The van der Waals surface area contributed by atoms with Crippen LogP contribution in [0.2, 0.25) is 0 Å². The summed E-state index contributed by atoms with van der Waals surface area (Å²) in [4.78, 5) is 0. The summed E-state index contributed by atoms with van der Waals surface area (Å²) in [6.07, 6.45) is 2.01. The van der Waals surface area contributed by atoms with Gasteiger partial charge < -0.3 is 15.2 Å². The molecule has 0 saturated carbocycles. The van der Waals surface area contributed by atoms with Crippen LogP contribution in [0.4, 0.5) is 0 Å². The topological polar surface area (TPSA) is 59.3 Å². The highest BCUT2D eigenvalue weighted by Crippen LogP contribution is 2.21. The molecule has 6 heteroatoms. The van der Waals surface area contributed by atoms with Gasteiger partial charge in [0.2, 0.25) is 5.88 Å².